The molecule has 1 aromatic carbocycles. The van der Waals surface area contributed by atoms with Gasteiger partial charge in [0.15, 0.2) is 0 Å². The molecule has 0 N–H and O–H groups in total. The number of ether oxygens (including phenoxy) is 1. The molecular formula is C12H12ClNO3. The fourth-order valence-electron chi connectivity index (χ4n) is 1.91. The second-order valence-electron chi connectivity index (χ2n) is 3.94. The number of benzene rings is 1. The molecule has 90 valence electrons. The average molecular weight is 254 g/mol. The van der Waals surface area contributed by atoms with Crippen LogP contribution in [0.5, 0.6) is 5.75 Å². The zero-order valence-electron chi connectivity index (χ0n) is 9.57. The van der Waals surface area contributed by atoms with Crippen molar-refractivity contribution in [2.24, 2.45) is 0 Å². The number of amides is 2. The van der Waals surface area contributed by atoms with Crippen molar-refractivity contribution in [2.75, 3.05) is 14.2 Å². The predicted molar refractivity (Wildman–Crippen MR) is 63.1 cm³/mol. The van der Waals surface area contributed by atoms with Crippen molar-refractivity contribution in [3.63, 3.8) is 0 Å². The van der Waals surface area contributed by atoms with Crippen molar-refractivity contribution in [3.05, 3.63) is 28.8 Å². The van der Waals surface area contributed by atoms with Crippen LogP contribution < -0.4 is 4.74 Å². The van der Waals surface area contributed by atoms with Crippen LogP contribution in [0.2, 0.25) is 5.02 Å². The highest BCUT2D eigenvalue weighted by molar-refractivity contribution is 6.32. The van der Waals surface area contributed by atoms with E-state index in [0.717, 1.165) is 10.5 Å². The Balaban J connectivity index is 2.35. The van der Waals surface area contributed by atoms with E-state index in [0.29, 0.717) is 10.8 Å². The number of hydrogen-bond donors (Lipinski definition) is 0. The number of nitrogens with zero attached hydrogens (tertiary/aromatic N) is 1. The van der Waals surface area contributed by atoms with Gasteiger partial charge in [0.05, 0.1) is 18.1 Å². The molecule has 1 fully saturated rings. The Bertz CT molecular complexity index is 487. The lowest BCUT2D eigenvalue weighted by atomic mass is 9.97. The molecule has 1 unspecified atom stereocenters. The molecule has 0 spiro atoms. The summed E-state index contributed by atoms with van der Waals surface area (Å²) in [6, 6.07) is 5.13. The number of rotatable bonds is 2. The van der Waals surface area contributed by atoms with Crippen LogP contribution in [0, 0.1) is 0 Å². The summed E-state index contributed by atoms with van der Waals surface area (Å²) in [5.74, 6) is -0.245. The van der Waals surface area contributed by atoms with E-state index >= 15 is 0 Å². The first-order chi connectivity index (χ1) is 8.04. The molecule has 2 amide bonds. The Morgan fingerprint density at radius 1 is 1.41 bits per heavy atom. The van der Waals surface area contributed by atoms with Gasteiger partial charge < -0.3 is 4.74 Å². The number of likely N-dealkylation sites (tertiary alicyclic amines) is 1. The van der Waals surface area contributed by atoms with E-state index in [4.69, 9.17) is 16.3 Å². The summed E-state index contributed by atoms with van der Waals surface area (Å²) >= 11 is 5.91. The molecule has 1 atom stereocenters. The van der Waals surface area contributed by atoms with E-state index in [-0.39, 0.29) is 18.2 Å². The van der Waals surface area contributed by atoms with Gasteiger partial charge >= 0.3 is 0 Å². The second-order valence-corrected chi connectivity index (χ2v) is 4.35. The molecule has 1 aromatic rings. The normalized spacial score (nSPS) is 19.9. The summed E-state index contributed by atoms with van der Waals surface area (Å²) in [6.07, 6.45) is 0.208. The quantitative estimate of drug-likeness (QED) is 0.756. The summed E-state index contributed by atoms with van der Waals surface area (Å²) in [5.41, 5.74) is 0.758. The molecule has 0 saturated carbocycles. The monoisotopic (exact) mass is 253 g/mol. The Hall–Kier alpha value is -1.55. The molecule has 1 aliphatic heterocycles. The minimum Gasteiger partial charge on any atom is -0.495 e. The molecular weight excluding hydrogens is 242 g/mol. The van der Waals surface area contributed by atoms with Crippen molar-refractivity contribution in [1.29, 1.82) is 0 Å². The van der Waals surface area contributed by atoms with Crippen molar-refractivity contribution < 1.29 is 14.3 Å². The predicted octanol–water partition coefficient (Wildman–Crippen LogP) is 1.82. The maximum absolute atomic E-state index is 11.8. The number of methoxy groups -OCH3 is 1. The lowest BCUT2D eigenvalue weighted by Crippen LogP contribution is -2.25. The van der Waals surface area contributed by atoms with E-state index < -0.39 is 5.92 Å². The molecule has 0 bridgehead atoms. The highest BCUT2D eigenvalue weighted by Gasteiger charge is 2.37. The Kier molecular flexibility index (Phi) is 3.07. The lowest BCUT2D eigenvalue weighted by Gasteiger charge is -2.11. The smallest absolute Gasteiger partial charge is 0.236 e. The zero-order chi connectivity index (χ0) is 12.6. The molecule has 1 heterocycles. The fraction of sp³-hybridized carbons (Fsp3) is 0.333. The van der Waals surface area contributed by atoms with Crippen LogP contribution in [0.3, 0.4) is 0 Å². The van der Waals surface area contributed by atoms with Crippen molar-refractivity contribution >= 4 is 23.4 Å². The summed E-state index contributed by atoms with van der Waals surface area (Å²) in [4.78, 5) is 24.4. The number of carbonyl (C=O) groups is 2. The Morgan fingerprint density at radius 3 is 2.65 bits per heavy atom. The summed E-state index contributed by atoms with van der Waals surface area (Å²) < 4.78 is 5.09. The molecule has 4 nitrogen and oxygen atoms in total. The first-order valence-corrected chi connectivity index (χ1v) is 5.56. The molecule has 0 aliphatic carbocycles. The minimum absolute atomic E-state index is 0.158. The van der Waals surface area contributed by atoms with Gasteiger partial charge in [0, 0.05) is 13.5 Å². The van der Waals surface area contributed by atoms with Gasteiger partial charge in [0.25, 0.3) is 0 Å². The van der Waals surface area contributed by atoms with Crippen LogP contribution in [-0.2, 0) is 9.59 Å². The van der Waals surface area contributed by atoms with Gasteiger partial charge in [-0.25, -0.2) is 0 Å². The van der Waals surface area contributed by atoms with Crippen molar-refractivity contribution in [3.8, 4) is 5.75 Å². The van der Waals surface area contributed by atoms with Crippen LogP contribution >= 0.6 is 11.6 Å². The van der Waals surface area contributed by atoms with Crippen LogP contribution in [-0.4, -0.2) is 30.9 Å². The topological polar surface area (TPSA) is 46.6 Å². The third-order valence-corrected chi connectivity index (χ3v) is 3.27. The van der Waals surface area contributed by atoms with Gasteiger partial charge in [-0.15, -0.1) is 0 Å². The summed E-state index contributed by atoms with van der Waals surface area (Å²) in [5, 5.41) is 0.487. The first-order valence-electron chi connectivity index (χ1n) is 5.18. The first kappa shape index (κ1) is 11.9. The molecule has 2 rings (SSSR count). The van der Waals surface area contributed by atoms with Gasteiger partial charge in [0.2, 0.25) is 11.8 Å². The maximum atomic E-state index is 11.8. The minimum atomic E-state index is -0.418. The highest BCUT2D eigenvalue weighted by atomic mass is 35.5. The Labute approximate surface area is 104 Å². The number of halogens is 1. The summed E-state index contributed by atoms with van der Waals surface area (Å²) in [6.45, 7) is 0. The molecule has 1 aliphatic rings. The number of likely N-dealkylation sites (N-methyl/N-ethyl adjacent to an activating group) is 1. The van der Waals surface area contributed by atoms with Gasteiger partial charge in [-0.2, -0.15) is 0 Å². The van der Waals surface area contributed by atoms with Gasteiger partial charge in [-0.05, 0) is 17.7 Å². The lowest BCUT2D eigenvalue weighted by molar-refractivity contribution is -0.137. The molecule has 5 heteroatoms. The van der Waals surface area contributed by atoms with E-state index in [1.807, 2.05) is 0 Å². The third kappa shape index (κ3) is 2.00. The molecule has 1 saturated heterocycles. The highest BCUT2D eigenvalue weighted by Crippen LogP contribution is 2.33. The summed E-state index contributed by atoms with van der Waals surface area (Å²) in [7, 11) is 3.01. The van der Waals surface area contributed by atoms with Crippen LogP contribution in [0.15, 0.2) is 18.2 Å². The maximum Gasteiger partial charge on any atom is 0.236 e. The van der Waals surface area contributed by atoms with E-state index in [1.54, 1.807) is 18.2 Å². The standard InChI is InChI=1S/C12H12ClNO3/c1-14-11(15)6-8(12(14)16)7-3-4-9(13)10(5-7)17-2/h3-5,8H,6H2,1-2H3. The SMILES string of the molecule is COc1cc(C2CC(=O)N(C)C2=O)ccc1Cl. The largest absolute Gasteiger partial charge is 0.495 e. The molecule has 17 heavy (non-hydrogen) atoms. The fourth-order valence-corrected chi connectivity index (χ4v) is 2.10. The van der Waals surface area contributed by atoms with Gasteiger partial charge in [-0.1, -0.05) is 17.7 Å². The van der Waals surface area contributed by atoms with Crippen LogP contribution in [0.4, 0.5) is 0 Å². The van der Waals surface area contributed by atoms with Gasteiger partial charge in [-0.3, -0.25) is 14.5 Å². The number of carbonyl (C=O) groups excluding carboxylic acids is 2. The van der Waals surface area contributed by atoms with E-state index in [9.17, 15) is 9.59 Å². The van der Waals surface area contributed by atoms with Crippen molar-refractivity contribution in [2.45, 2.75) is 12.3 Å². The number of imide groups is 1. The molecule has 0 aromatic heterocycles. The van der Waals surface area contributed by atoms with Crippen molar-refractivity contribution in [1.82, 2.24) is 4.90 Å². The van der Waals surface area contributed by atoms with E-state index in [1.165, 1.54) is 14.2 Å². The zero-order valence-corrected chi connectivity index (χ0v) is 10.3. The average Bonchev–Trinajstić information content (AvgIpc) is 2.58. The van der Waals surface area contributed by atoms with Gasteiger partial charge in [0.1, 0.15) is 5.75 Å². The number of hydrogen-bond acceptors (Lipinski definition) is 3. The van der Waals surface area contributed by atoms with E-state index in [2.05, 4.69) is 0 Å². The second kappa shape index (κ2) is 4.37. The van der Waals surface area contributed by atoms with Crippen LogP contribution in [0.1, 0.15) is 17.9 Å². The molecule has 0 radical (unpaired) electrons. The third-order valence-electron chi connectivity index (χ3n) is 2.96. The Morgan fingerprint density at radius 2 is 2.12 bits per heavy atom. The van der Waals surface area contributed by atoms with Crippen LogP contribution in [0.25, 0.3) is 0 Å².